The SMILES string of the molecule is Cc1oc(CN)cc1COCc1cccc(Cl)c1. The molecule has 18 heavy (non-hydrogen) atoms. The summed E-state index contributed by atoms with van der Waals surface area (Å²) >= 11 is 5.90. The first-order valence-electron chi connectivity index (χ1n) is 5.79. The number of hydrogen-bond donors (Lipinski definition) is 1. The van der Waals surface area contributed by atoms with Crippen LogP contribution in [0, 0.1) is 6.92 Å². The number of nitrogens with two attached hydrogens (primary N) is 1. The molecule has 0 saturated carbocycles. The number of rotatable bonds is 5. The average molecular weight is 266 g/mol. The van der Waals surface area contributed by atoms with E-state index in [2.05, 4.69) is 0 Å². The number of hydrogen-bond acceptors (Lipinski definition) is 3. The monoisotopic (exact) mass is 265 g/mol. The molecule has 0 saturated heterocycles. The zero-order valence-electron chi connectivity index (χ0n) is 10.3. The summed E-state index contributed by atoms with van der Waals surface area (Å²) in [5.41, 5.74) is 7.62. The van der Waals surface area contributed by atoms with Gasteiger partial charge in [-0.3, -0.25) is 0 Å². The highest BCUT2D eigenvalue weighted by Gasteiger charge is 2.06. The van der Waals surface area contributed by atoms with Crippen molar-refractivity contribution in [1.29, 1.82) is 0 Å². The minimum Gasteiger partial charge on any atom is -0.465 e. The predicted molar refractivity (Wildman–Crippen MR) is 71.3 cm³/mol. The van der Waals surface area contributed by atoms with E-state index in [0.717, 1.165) is 27.7 Å². The molecule has 0 unspecified atom stereocenters. The van der Waals surface area contributed by atoms with Crippen molar-refractivity contribution >= 4 is 11.6 Å². The minimum atomic E-state index is 0.412. The maximum atomic E-state index is 5.90. The number of benzene rings is 1. The molecule has 2 aromatic rings. The van der Waals surface area contributed by atoms with E-state index < -0.39 is 0 Å². The van der Waals surface area contributed by atoms with Gasteiger partial charge in [-0.25, -0.2) is 0 Å². The molecule has 0 radical (unpaired) electrons. The normalized spacial score (nSPS) is 10.8. The lowest BCUT2D eigenvalue weighted by atomic mass is 10.2. The topological polar surface area (TPSA) is 48.4 Å². The number of furan rings is 1. The van der Waals surface area contributed by atoms with Gasteiger partial charge < -0.3 is 14.9 Å². The summed E-state index contributed by atoms with van der Waals surface area (Å²) in [4.78, 5) is 0. The van der Waals surface area contributed by atoms with Gasteiger partial charge in [0.2, 0.25) is 0 Å². The van der Waals surface area contributed by atoms with Crippen LogP contribution in [0.15, 0.2) is 34.7 Å². The Morgan fingerprint density at radius 1 is 1.28 bits per heavy atom. The van der Waals surface area contributed by atoms with Crippen LogP contribution in [0.1, 0.15) is 22.6 Å². The second-order valence-electron chi connectivity index (χ2n) is 4.12. The Bertz CT molecular complexity index is 522. The van der Waals surface area contributed by atoms with Crippen LogP contribution in [0.5, 0.6) is 0 Å². The van der Waals surface area contributed by atoms with Crippen LogP contribution in [-0.4, -0.2) is 0 Å². The summed E-state index contributed by atoms with van der Waals surface area (Å²) in [6, 6.07) is 9.58. The molecule has 0 atom stereocenters. The van der Waals surface area contributed by atoms with Crippen LogP contribution in [0.25, 0.3) is 0 Å². The van der Waals surface area contributed by atoms with Crippen LogP contribution in [0.3, 0.4) is 0 Å². The molecule has 0 aliphatic carbocycles. The molecule has 3 nitrogen and oxygen atoms in total. The molecule has 0 aliphatic heterocycles. The third kappa shape index (κ3) is 3.35. The van der Waals surface area contributed by atoms with E-state index in [4.69, 9.17) is 26.5 Å². The van der Waals surface area contributed by atoms with Crippen molar-refractivity contribution in [2.75, 3.05) is 0 Å². The van der Waals surface area contributed by atoms with Crippen molar-refractivity contribution < 1.29 is 9.15 Å². The average Bonchev–Trinajstić information content (AvgIpc) is 2.71. The van der Waals surface area contributed by atoms with E-state index >= 15 is 0 Å². The summed E-state index contributed by atoms with van der Waals surface area (Å²) in [5.74, 6) is 1.65. The fourth-order valence-corrected chi connectivity index (χ4v) is 1.95. The van der Waals surface area contributed by atoms with Crippen LogP contribution >= 0.6 is 11.6 Å². The number of ether oxygens (including phenoxy) is 1. The van der Waals surface area contributed by atoms with Gasteiger partial charge in [-0.15, -0.1) is 0 Å². The van der Waals surface area contributed by atoms with Crippen LogP contribution < -0.4 is 5.73 Å². The first kappa shape index (κ1) is 13.1. The maximum absolute atomic E-state index is 5.90. The number of aryl methyl sites for hydroxylation is 1. The van der Waals surface area contributed by atoms with Crippen molar-refractivity contribution in [2.45, 2.75) is 26.7 Å². The van der Waals surface area contributed by atoms with Crippen LogP contribution in [-0.2, 0) is 24.5 Å². The van der Waals surface area contributed by atoms with Gasteiger partial charge in [-0.1, -0.05) is 23.7 Å². The molecular weight excluding hydrogens is 250 g/mol. The largest absolute Gasteiger partial charge is 0.465 e. The molecule has 0 spiro atoms. The van der Waals surface area contributed by atoms with Gasteiger partial charge in [-0.2, -0.15) is 0 Å². The van der Waals surface area contributed by atoms with Crippen LogP contribution in [0.2, 0.25) is 5.02 Å². The van der Waals surface area contributed by atoms with Crippen molar-refractivity contribution in [2.24, 2.45) is 5.73 Å². The van der Waals surface area contributed by atoms with Crippen LogP contribution in [0.4, 0.5) is 0 Å². The number of halogens is 1. The minimum absolute atomic E-state index is 0.412. The molecule has 0 bridgehead atoms. The van der Waals surface area contributed by atoms with Gasteiger partial charge in [0, 0.05) is 10.6 Å². The van der Waals surface area contributed by atoms with Crippen molar-refractivity contribution in [3.63, 3.8) is 0 Å². The molecule has 2 rings (SSSR count). The second kappa shape index (κ2) is 6.05. The standard InChI is InChI=1S/C14H16ClNO2/c1-10-12(6-14(7-16)18-10)9-17-8-11-3-2-4-13(15)5-11/h2-6H,7-9,16H2,1H3. The molecular formula is C14H16ClNO2. The molecule has 2 N–H and O–H groups in total. The lowest BCUT2D eigenvalue weighted by Gasteiger charge is -2.03. The summed E-state index contributed by atoms with van der Waals surface area (Å²) < 4.78 is 11.1. The van der Waals surface area contributed by atoms with E-state index in [9.17, 15) is 0 Å². The quantitative estimate of drug-likeness (QED) is 0.901. The Morgan fingerprint density at radius 2 is 2.11 bits per heavy atom. The Balaban J connectivity index is 1.90. The molecule has 0 fully saturated rings. The van der Waals surface area contributed by atoms with E-state index in [1.54, 1.807) is 0 Å². The molecule has 1 heterocycles. The third-order valence-electron chi connectivity index (χ3n) is 2.69. The summed E-state index contributed by atoms with van der Waals surface area (Å²) in [5, 5.41) is 0.723. The molecule has 0 amide bonds. The lowest BCUT2D eigenvalue weighted by Crippen LogP contribution is -1.95. The molecule has 1 aromatic carbocycles. The zero-order valence-corrected chi connectivity index (χ0v) is 11.0. The summed E-state index contributed by atoms with van der Waals surface area (Å²) in [7, 11) is 0. The maximum Gasteiger partial charge on any atom is 0.118 e. The highest BCUT2D eigenvalue weighted by molar-refractivity contribution is 6.30. The Kier molecular flexibility index (Phi) is 4.42. The van der Waals surface area contributed by atoms with Crippen molar-refractivity contribution in [3.8, 4) is 0 Å². The Morgan fingerprint density at radius 3 is 2.78 bits per heavy atom. The fraction of sp³-hybridized carbons (Fsp3) is 0.286. The van der Waals surface area contributed by atoms with Gasteiger partial charge in [0.15, 0.2) is 0 Å². The molecule has 4 heteroatoms. The summed E-state index contributed by atoms with van der Waals surface area (Å²) in [6.07, 6.45) is 0. The fourth-order valence-electron chi connectivity index (χ4n) is 1.74. The van der Waals surface area contributed by atoms with E-state index in [-0.39, 0.29) is 0 Å². The second-order valence-corrected chi connectivity index (χ2v) is 4.56. The summed E-state index contributed by atoms with van der Waals surface area (Å²) in [6.45, 7) is 3.37. The Hall–Kier alpha value is -1.29. The highest BCUT2D eigenvalue weighted by Crippen LogP contribution is 2.17. The van der Waals surface area contributed by atoms with E-state index in [1.165, 1.54) is 0 Å². The first-order chi connectivity index (χ1) is 8.69. The van der Waals surface area contributed by atoms with Gasteiger partial charge in [0.1, 0.15) is 11.5 Å². The van der Waals surface area contributed by atoms with Gasteiger partial charge in [-0.05, 0) is 30.7 Å². The van der Waals surface area contributed by atoms with E-state index in [1.807, 2.05) is 37.3 Å². The van der Waals surface area contributed by atoms with Gasteiger partial charge >= 0.3 is 0 Å². The zero-order chi connectivity index (χ0) is 13.0. The Labute approximate surface area is 111 Å². The van der Waals surface area contributed by atoms with Crippen molar-refractivity contribution in [1.82, 2.24) is 0 Å². The van der Waals surface area contributed by atoms with Crippen molar-refractivity contribution in [3.05, 3.63) is 58.0 Å². The highest BCUT2D eigenvalue weighted by atomic mass is 35.5. The molecule has 96 valence electrons. The lowest BCUT2D eigenvalue weighted by molar-refractivity contribution is 0.106. The molecule has 1 aromatic heterocycles. The predicted octanol–water partition coefficient (Wildman–Crippen LogP) is 3.42. The van der Waals surface area contributed by atoms with Gasteiger partial charge in [0.25, 0.3) is 0 Å². The molecule has 0 aliphatic rings. The first-order valence-corrected chi connectivity index (χ1v) is 6.17. The smallest absolute Gasteiger partial charge is 0.118 e. The van der Waals surface area contributed by atoms with Gasteiger partial charge in [0.05, 0.1) is 19.8 Å². The third-order valence-corrected chi connectivity index (χ3v) is 2.92. The van der Waals surface area contributed by atoms with E-state index in [0.29, 0.717) is 19.8 Å².